The number of ether oxygens (including phenoxy) is 1. The van der Waals surface area contributed by atoms with Gasteiger partial charge in [-0.1, -0.05) is 19.8 Å². The molecule has 35 heavy (non-hydrogen) atoms. The van der Waals surface area contributed by atoms with Crippen LogP contribution in [0, 0.1) is 5.92 Å². The fourth-order valence-corrected chi connectivity index (χ4v) is 2.55. The number of halogens is 17. The van der Waals surface area contributed by atoms with E-state index in [0.717, 1.165) is 0 Å². The molecule has 0 aliphatic carbocycles. The largest absolute Gasteiger partial charge is 0.469 e. The molecule has 0 aromatic rings. The van der Waals surface area contributed by atoms with Gasteiger partial charge in [-0.2, -0.15) is 74.6 Å². The van der Waals surface area contributed by atoms with Gasteiger partial charge in [-0.05, 0) is 6.42 Å². The van der Waals surface area contributed by atoms with Gasteiger partial charge in [-0.15, -0.1) is 0 Å². The van der Waals surface area contributed by atoms with E-state index >= 15 is 0 Å². The third kappa shape index (κ3) is 5.09. The lowest BCUT2D eigenvalue weighted by atomic mass is 9.85. The van der Waals surface area contributed by atoms with Crippen molar-refractivity contribution < 1.29 is 84.2 Å². The van der Waals surface area contributed by atoms with Gasteiger partial charge in [0.2, 0.25) is 0 Å². The normalized spacial score (nSPS) is 16.3. The molecular formula is C16H15F17O2. The van der Waals surface area contributed by atoms with E-state index in [1.165, 1.54) is 6.92 Å². The molecule has 0 N–H and O–H groups in total. The highest BCUT2D eigenvalue weighted by atomic mass is 19.4. The van der Waals surface area contributed by atoms with Crippen molar-refractivity contribution >= 4 is 5.97 Å². The van der Waals surface area contributed by atoms with Crippen LogP contribution < -0.4 is 0 Å². The lowest BCUT2D eigenvalue weighted by Gasteiger charge is -2.43. The second kappa shape index (κ2) is 9.63. The summed E-state index contributed by atoms with van der Waals surface area (Å²) in [5.74, 6) is -61.1. The number of hydrogen-bond donors (Lipinski definition) is 0. The Morgan fingerprint density at radius 3 is 1.29 bits per heavy atom. The topological polar surface area (TPSA) is 26.3 Å². The number of unbranched alkanes of at least 4 members (excludes halogenated alkanes) is 1. The van der Waals surface area contributed by atoms with E-state index in [2.05, 4.69) is 4.74 Å². The summed E-state index contributed by atoms with van der Waals surface area (Å²) in [5, 5.41) is 0. The van der Waals surface area contributed by atoms with Crippen LogP contribution in [0.25, 0.3) is 0 Å². The molecule has 0 saturated heterocycles. The number of carbonyl (C=O) groups excluding carboxylic acids is 1. The minimum Gasteiger partial charge on any atom is -0.469 e. The Kier molecular flexibility index (Phi) is 9.15. The summed E-state index contributed by atoms with van der Waals surface area (Å²) in [4.78, 5) is 11.4. The first kappa shape index (κ1) is 33.3. The molecule has 0 aliphatic heterocycles. The molecule has 19 heteroatoms. The summed E-state index contributed by atoms with van der Waals surface area (Å²) in [6, 6.07) is 0. The van der Waals surface area contributed by atoms with E-state index in [9.17, 15) is 79.4 Å². The fraction of sp³-hybridized carbons (Fsp3) is 0.938. The zero-order valence-electron chi connectivity index (χ0n) is 17.1. The van der Waals surface area contributed by atoms with Crippen molar-refractivity contribution in [3.8, 4) is 0 Å². The second-order valence-corrected chi connectivity index (χ2v) is 7.22. The van der Waals surface area contributed by atoms with Gasteiger partial charge < -0.3 is 4.74 Å². The van der Waals surface area contributed by atoms with Crippen LogP contribution >= 0.6 is 0 Å². The quantitative estimate of drug-likeness (QED) is 0.184. The molecule has 0 radical (unpaired) electrons. The maximum atomic E-state index is 14.0. The van der Waals surface area contributed by atoms with Crippen molar-refractivity contribution in [3.63, 3.8) is 0 Å². The zero-order valence-corrected chi connectivity index (χ0v) is 17.1. The molecular weight excluding hydrogens is 547 g/mol. The molecule has 0 rings (SSSR count). The Hall–Kier alpha value is -1.72. The van der Waals surface area contributed by atoms with Gasteiger partial charge in [-0.3, -0.25) is 4.79 Å². The Bertz CT molecular complexity index is 741. The van der Waals surface area contributed by atoms with Gasteiger partial charge in [0.1, 0.15) is 0 Å². The van der Waals surface area contributed by atoms with Crippen LogP contribution in [0.3, 0.4) is 0 Å². The van der Waals surface area contributed by atoms with Gasteiger partial charge in [0.15, 0.2) is 0 Å². The first-order valence-corrected chi connectivity index (χ1v) is 8.95. The van der Waals surface area contributed by atoms with Crippen molar-refractivity contribution in [2.75, 3.05) is 7.11 Å². The van der Waals surface area contributed by atoms with E-state index in [-0.39, 0.29) is 12.8 Å². The molecule has 1 atom stereocenters. The number of carbonyl (C=O) groups is 1. The van der Waals surface area contributed by atoms with Crippen molar-refractivity contribution in [2.24, 2.45) is 5.92 Å². The minimum absolute atomic E-state index is 0.0540. The lowest BCUT2D eigenvalue weighted by Crippen LogP contribution is -2.74. The number of rotatable bonds is 12. The highest BCUT2D eigenvalue weighted by Crippen LogP contribution is 2.64. The Labute approximate surface area is 184 Å². The number of alkyl halides is 17. The SMILES string of the molecule is CCCCC(CC(F)(F)C(F)(F)C(F)(F)C(F)(F)C(F)(F)C(F)(F)C(F)(F)C(F)(F)F)C(=O)OC. The summed E-state index contributed by atoms with van der Waals surface area (Å²) in [7, 11) is 0.490. The smallest absolute Gasteiger partial charge is 0.460 e. The van der Waals surface area contributed by atoms with Crippen molar-refractivity contribution in [3.05, 3.63) is 0 Å². The third-order valence-corrected chi connectivity index (χ3v) is 4.73. The molecule has 0 amide bonds. The summed E-state index contributed by atoms with van der Waals surface area (Å²) in [6.07, 6.45) is -11.6. The molecule has 2 nitrogen and oxygen atoms in total. The van der Waals surface area contributed by atoms with Crippen molar-refractivity contribution in [1.82, 2.24) is 0 Å². The average molecular weight is 562 g/mol. The van der Waals surface area contributed by atoms with E-state index in [1.54, 1.807) is 0 Å². The highest BCUT2D eigenvalue weighted by molar-refractivity contribution is 5.72. The second-order valence-electron chi connectivity index (χ2n) is 7.22. The number of hydrogen-bond acceptors (Lipinski definition) is 2. The van der Waals surface area contributed by atoms with Crippen LogP contribution in [0.5, 0.6) is 0 Å². The molecule has 0 fully saturated rings. The first-order chi connectivity index (χ1) is 15.2. The maximum absolute atomic E-state index is 14.0. The van der Waals surface area contributed by atoms with Crippen LogP contribution in [0.4, 0.5) is 74.6 Å². The molecule has 0 aromatic carbocycles. The van der Waals surface area contributed by atoms with Gasteiger partial charge in [0, 0.05) is 6.42 Å². The summed E-state index contributed by atoms with van der Waals surface area (Å²) in [6.45, 7) is 1.34. The van der Waals surface area contributed by atoms with Crippen LogP contribution in [0.15, 0.2) is 0 Å². The van der Waals surface area contributed by atoms with E-state index in [4.69, 9.17) is 0 Å². The molecule has 0 bridgehead atoms. The first-order valence-electron chi connectivity index (χ1n) is 8.95. The summed E-state index contributed by atoms with van der Waals surface area (Å²) in [5.41, 5.74) is 0. The number of esters is 1. The van der Waals surface area contributed by atoms with Gasteiger partial charge in [0.25, 0.3) is 0 Å². The summed E-state index contributed by atoms with van der Waals surface area (Å²) < 4.78 is 229. The Morgan fingerprint density at radius 1 is 0.629 bits per heavy atom. The molecule has 210 valence electrons. The Balaban J connectivity index is 6.65. The van der Waals surface area contributed by atoms with Crippen molar-refractivity contribution in [2.45, 2.75) is 80.2 Å². The third-order valence-electron chi connectivity index (χ3n) is 4.73. The fourth-order valence-electron chi connectivity index (χ4n) is 2.55. The van der Waals surface area contributed by atoms with Crippen molar-refractivity contribution in [1.29, 1.82) is 0 Å². The maximum Gasteiger partial charge on any atom is 0.460 e. The average Bonchev–Trinajstić information content (AvgIpc) is 2.68. The molecule has 0 spiro atoms. The minimum atomic E-state index is -8.67. The lowest BCUT2D eigenvalue weighted by molar-refractivity contribution is -0.462. The van der Waals surface area contributed by atoms with E-state index < -0.39 is 72.4 Å². The Morgan fingerprint density at radius 2 is 0.971 bits per heavy atom. The zero-order chi connectivity index (χ0) is 28.7. The highest BCUT2D eigenvalue weighted by Gasteiger charge is 2.95. The molecule has 1 unspecified atom stereocenters. The summed E-state index contributed by atoms with van der Waals surface area (Å²) >= 11 is 0. The van der Waals surface area contributed by atoms with Gasteiger partial charge in [0.05, 0.1) is 13.0 Å². The van der Waals surface area contributed by atoms with Crippen LogP contribution in [0.2, 0.25) is 0 Å². The van der Waals surface area contributed by atoms with Crippen LogP contribution in [-0.4, -0.2) is 60.7 Å². The molecule has 0 saturated carbocycles. The van der Waals surface area contributed by atoms with Gasteiger partial charge in [-0.25, -0.2) is 0 Å². The van der Waals surface area contributed by atoms with E-state index in [0.29, 0.717) is 7.11 Å². The number of methoxy groups -OCH3 is 1. The van der Waals surface area contributed by atoms with E-state index in [1.807, 2.05) is 0 Å². The predicted octanol–water partition coefficient (Wildman–Crippen LogP) is 7.37. The standard InChI is InChI=1S/C16H15F17O2/c1-3-4-5-7(8(34)35-2)6-9(17,18)10(19,20)11(21,22)12(23,24)13(25,26)14(27,28)15(29,30)16(31,32)33/h7H,3-6H2,1-2H3. The monoisotopic (exact) mass is 562 g/mol. The van der Waals surface area contributed by atoms with Crippen LogP contribution in [0.1, 0.15) is 32.6 Å². The molecule has 0 heterocycles. The molecule has 0 aromatic heterocycles. The predicted molar refractivity (Wildman–Crippen MR) is 80.3 cm³/mol. The van der Waals surface area contributed by atoms with Crippen LogP contribution in [-0.2, 0) is 9.53 Å². The molecule has 0 aliphatic rings. The van der Waals surface area contributed by atoms with Gasteiger partial charge >= 0.3 is 53.6 Å².